The summed E-state index contributed by atoms with van der Waals surface area (Å²) in [7, 11) is 0. The Morgan fingerprint density at radius 1 is 1.28 bits per heavy atom. The van der Waals surface area contributed by atoms with Gasteiger partial charge >= 0.3 is 0 Å². The molecule has 1 aliphatic heterocycles. The Morgan fingerprint density at radius 3 is 3.00 bits per heavy atom. The summed E-state index contributed by atoms with van der Waals surface area (Å²) in [4.78, 5) is 6.72. The molecule has 18 heavy (non-hydrogen) atoms. The van der Waals surface area contributed by atoms with Gasteiger partial charge in [0.1, 0.15) is 5.82 Å². The lowest BCUT2D eigenvalue weighted by atomic mass is 10.1. The third kappa shape index (κ3) is 2.15. The SMILES string of the molecule is NCc1cc(Br)cc(N2CCn3ccnc3C2)c1. The van der Waals surface area contributed by atoms with Crippen molar-refractivity contribution in [2.75, 3.05) is 11.4 Å². The molecule has 0 unspecified atom stereocenters. The van der Waals surface area contributed by atoms with Crippen LogP contribution in [0.15, 0.2) is 35.1 Å². The van der Waals surface area contributed by atoms with Crippen LogP contribution >= 0.6 is 15.9 Å². The fraction of sp³-hybridized carbons (Fsp3) is 0.308. The number of hydrogen-bond acceptors (Lipinski definition) is 3. The van der Waals surface area contributed by atoms with Gasteiger partial charge in [-0.3, -0.25) is 0 Å². The van der Waals surface area contributed by atoms with Crippen molar-refractivity contribution in [2.45, 2.75) is 19.6 Å². The quantitative estimate of drug-likeness (QED) is 0.924. The molecular formula is C13H15BrN4. The number of fused-ring (bicyclic) bond motifs is 1. The zero-order valence-electron chi connectivity index (χ0n) is 10.0. The highest BCUT2D eigenvalue weighted by Crippen LogP contribution is 2.25. The number of hydrogen-bond donors (Lipinski definition) is 1. The summed E-state index contributed by atoms with van der Waals surface area (Å²) in [5, 5.41) is 0. The van der Waals surface area contributed by atoms with Gasteiger partial charge in [0.05, 0.1) is 6.54 Å². The maximum atomic E-state index is 5.72. The lowest BCUT2D eigenvalue weighted by Gasteiger charge is -2.30. The van der Waals surface area contributed by atoms with Crippen LogP contribution in [0.25, 0.3) is 0 Å². The van der Waals surface area contributed by atoms with Crippen molar-refractivity contribution in [3.63, 3.8) is 0 Å². The van der Waals surface area contributed by atoms with E-state index >= 15 is 0 Å². The second-order valence-corrected chi connectivity index (χ2v) is 5.40. The Bertz CT molecular complexity index is 564. The number of imidazole rings is 1. The van der Waals surface area contributed by atoms with Crippen LogP contribution < -0.4 is 10.6 Å². The fourth-order valence-corrected chi connectivity index (χ4v) is 2.86. The first-order valence-corrected chi connectivity index (χ1v) is 6.80. The molecule has 94 valence electrons. The lowest BCUT2D eigenvalue weighted by molar-refractivity contribution is 0.560. The van der Waals surface area contributed by atoms with Gasteiger partial charge in [-0.15, -0.1) is 0 Å². The Morgan fingerprint density at radius 2 is 2.17 bits per heavy atom. The van der Waals surface area contributed by atoms with Crippen LogP contribution in [0, 0.1) is 0 Å². The van der Waals surface area contributed by atoms with Crippen LogP contribution in [0.5, 0.6) is 0 Å². The van der Waals surface area contributed by atoms with Gasteiger partial charge in [-0.05, 0) is 23.8 Å². The third-order valence-corrected chi connectivity index (χ3v) is 3.75. The molecular weight excluding hydrogens is 292 g/mol. The molecule has 4 nitrogen and oxygen atoms in total. The Balaban J connectivity index is 1.90. The van der Waals surface area contributed by atoms with Gasteiger partial charge in [0, 0.05) is 42.2 Å². The van der Waals surface area contributed by atoms with E-state index in [-0.39, 0.29) is 0 Å². The summed E-state index contributed by atoms with van der Waals surface area (Å²) in [6, 6.07) is 6.36. The van der Waals surface area contributed by atoms with E-state index in [0.717, 1.165) is 35.5 Å². The molecule has 0 radical (unpaired) electrons. The van der Waals surface area contributed by atoms with Crippen molar-refractivity contribution in [1.82, 2.24) is 9.55 Å². The molecule has 0 atom stereocenters. The number of benzene rings is 1. The van der Waals surface area contributed by atoms with Crippen LogP contribution in [-0.2, 0) is 19.6 Å². The first-order chi connectivity index (χ1) is 8.76. The van der Waals surface area contributed by atoms with Gasteiger partial charge in [0.2, 0.25) is 0 Å². The summed E-state index contributed by atoms with van der Waals surface area (Å²) >= 11 is 3.54. The standard InChI is InChI=1S/C13H15BrN4/c14-11-5-10(8-15)6-12(7-11)18-4-3-17-2-1-16-13(17)9-18/h1-2,5-7H,3-4,8-9,15H2. The molecule has 2 heterocycles. The normalized spacial score (nSPS) is 14.7. The molecule has 0 spiro atoms. The van der Waals surface area contributed by atoms with Crippen molar-refractivity contribution in [3.05, 3.63) is 46.5 Å². The van der Waals surface area contributed by atoms with E-state index < -0.39 is 0 Å². The van der Waals surface area contributed by atoms with Crippen LogP contribution in [0.1, 0.15) is 11.4 Å². The number of rotatable bonds is 2. The van der Waals surface area contributed by atoms with Gasteiger partial charge in [-0.1, -0.05) is 15.9 Å². The van der Waals surface area contributed by atoms with Crippen LogP contribution in [0.2, 0.25) is 0 Å². The van der Waals surface area contributed by atoms with E-state index in [1.165, 1.54) is 5.69 Å². The molecule has 1 aromatic heterocycles. The van der Waals surface area contributed by atoms with Crippen LogP contribution in [-0.4, -0.2) is 16.1 Å². The zero-order valence-corrected chi connectivity index (χ0v) is 11.6. The lowest BCUT2D eigenvalue weighted by Crippen LogP contribution is -2.33. The molecule has 3 rings (SSSR count). The Hall–Kier alpha value is -1.33. The minimum atomic E-state index is 0.564. The van der Waals surface area contributed by atoms with Crippen molar-refractivity contribution in [3.8, 4) is 0 Å². The third-order valence-electron chi connectivity index (χ3n) is 3.29. The summed E-state index contributed by atoms with van der Waals surface area (Å²) < 4.78 is 3.28. The Kier molecular flexibility index (Phi) is 3.09. The molecule has 0 saturated heterocycles. The topological polar surface area (TPSA) is 47.1 Å². The number of nitrogens with zero attached hydrogens (tertiary/aromatic N) is 3. The van der Waals surface area contributed by atoms with Crippen molar-refractivity contribution < 1.29 is 0 Å². The number of nitrogens with two attached hydrogens (primary N) is 1. The predicted octanol–water partition coefficient (Wildman–Crippen LogP) is 2.12. The average Bonchev–Trinajstić information content (AvgIpc) is 2.85. The highest BCUT2D eigenvalue weighted by Gasteiger charge is 2.17. The highest BCUT2D eigenvalue weighted by atomic mass is 79.9. The number of aromatic nitrogens is 2. The fourth-order valence-electron chi connectivity index (χ4n) is 2.33. The monoisotopic (exact) mass is 306 g/mol. The zero-order chi connectivity index (χ0) is 12.5. The summed E-state index contributed by atoms with van der Waals surface area (Å²) in [5.74, 6) is 1.12. The minimum absolute atomic E-state index is 0.564. The van der Waals surface area contributed by atoms with Crippen molar-refractivity contribution in [1.29, 1.82) is 0 Å². The molecule has 5 heteroatoms. The summed E-state index contributed by atoms with van der Waals surface area (Å²) in [6.07, 6.45) is 3.91. The first-order valence-electron chi connectivity index (χ1n) is 6.01. The summed E-state index contributed by atoms with van der Waals surface area (Å²) in [6.45, 7) is 3.41. The maximum absolute atomic E-state index is 5.72. The number of anilines is 1. The van der Waals surface area contributed by atoms with E-state index in [1.54, 1.807) is 0 Å². The average molecular weight is 307 g/mol. The predicted molar refractivity (Wildman–Crippen MR) is 75.3 cm³/mol. The second kappa shape index (κ2) is 4.74. The molecule has 0 fully saturated rings. The van der Waals surface area contributed by atoms with E-state index in [9.17, 15) is 0 Å². The molecule has 1 aromatic carbocycles. The van der Waals surface area contributed by atoms with Gasteiger partial charge < -0.3 is 15.2 Å². The first kappa shape index (κ1) is 11.7. The Labute approximate surface area is 115 Å². The number of halogens is 1. The minimum Gasteiger partial charge on any atom is -0.362 e. The maximum Gasteiger partial charge on any atom is 0.128 e. The van der Waals surface area contributed by atoms with E-state index in [1.807, 2.05) is 12.4 Å². The summed E-state index contributed by atoms with van der Waals surface area (Å²) in [5.41, 5.74) is 8.08. The van der Waals surface area contributed by atoms with Crippen LogP contribution in [0.3, 0.4) is 0 Å². The van der Waals surface area contributed by atoms with Gasteiger partial charge in [-0.2, -0.15) is 0 Å². The second-order valence-electron chi connectivity index (χ2n) is 4.48. The smallest absolute Gasteiger partial charge is 0.128 e. The highest BCUT2D eigenvalue weighted by molar-refractivity contribution is 9.10. The molecule has 0 amide bonds. The largest absolute Gasteiger partial charge is 0.362 e. The van der Waals surface area contributed by atoms with E-state index in [4.69, 9.17) is 5.73 Å². The molecule has 2 N–H and O–H groups in total. The van der Waals surface area contributed by atoms with Gasteiger partial charge in [0.25, 0.3) is 0 Å². The van der Waals surface area contributed by atoms with Crippen LogP contribution in [0.4, 0.5) is 5.69 Å². The van der Waals surface area contributed by atoms with E-state index in [2.05, 4.69) is 48.6 Å². The van der Waals surface area contributed by atoms with Crippen molar-refractivity contribution in [2.24, 2.45) is 5.73 Å². The van der Waals surface area contributed by atoms with E-state index in [0.29, 0.717) is 6.54 Å². The van der Waals surface area contributed by atoms with Gasteiger partial charge in [-0.25, -0.2) is 4.98 Å². The van der Waals surface area contributed by atoms with Gasteiger partial charge in [0.15, 0.2) is 0 Å². The van der Waals surface area contributed by atoms with Crippen molar-refractivity contribution >= 4 is 21.6 Å². The molecule has 0 bridgehead atoms. The molecule has 2 aromatic rings. The molecule has 0 aliphatic carbocycles. The molecule has 1 aliphatic rings. The molecule has 0 saturated carbocycles.